The highest BCUT2D eigenvalue weighted by molar-refractivity contribution is 9.10. The topological polar surface area (TPSA) is 38.3 Å². The first-order chi connectivity index (χ1) is 7.22. The van der Waals surface area contributed by atoms with Gasteiger partial charge >= 0.3 is 0 Å². The summed E-state index contributed by atoms with van der Waals surface area (Å²) in [5.74, 6) is 0.920. The molecule has 0 fully saturated rings. The Bertz CT molecular complexity index is 409. The van der Waals surface area contributed by atoms with E-state index in [0.29, 0.717) is 6.61 Å². The van der Waals surface area contributed by atoms with Crippen molar-refractivity contribution < 1.29 is 9.53 Å². The van der Waals surface area contributed by atoms with Crippen LogP contribution in [0, 0.1) is 0 Å². The lowest BCUT2D eigenvalue weighted by molar-refractivity contribution is -0.113. The Morgan fingerprint density at radius 1 is 1.60 bits per heavy atom. The molecular weight excluding hydrogens is 278 g/mol. The van der Waals surface area contributed by atoms with E-state index in [9.17, 15) is 4.79 Å². The van der Waals surface area contributed by atoms with Gasteiger partial charge in [0, 0.05) is 16.5 Å². The predicted molar refractivity (Wildman–Crippen MR) is 65.8 cm³/mol. The number of amides is 1. The molecule has 1 aromatic carbocycles. The van der Waals surface area contributed by atoms with Gasteiger partial charge in [-0.2, -0.15) is 12.6 Å². The molecular formula is C10H10BrNO2S. The summed E-state index contributed by atoms with van der Waals surface area (Å²) in [4.78, 5) is 11.3. The number of hydrogen-bond donors (Lipinski definition) is 2. The number of rotatable bonds is 2. The van der Waals surface area contributed by atoms with Crippen LogP contribution in [0.15, 0.2) is 16.6 Å². The molecule has 0 aliphatic carbocycles. The average molecular weight is 288 g/mol. The Hall–Kier alpha value is -0.680. The SMILES string of the molecule is O=C(CS)Nc1c(Br)ccc2c1CCO2. The lowest BCUT2D eigenvalue weighted by Crippen LogP contribution is -2.14. The molecule has 0 spiro atoms. The minimum atomic E-state index is -0.112. The number of benzene rings is 1. The first-order valence-electron chi connectivity index (χ1n) is 4.57. The van der Waals surface area contributed by atoms with Gasteiger partial charge in [0.05, 0.1) is 18.0 Å². The van der Waals surface area contributed by atoms with E-state index in [-0.39, 0.29) is 11.7 Å². The van der Waals surface area contributed by atoms with E-state index >= 15 is 0 Å². The second kappa shape index (κ2) is 4.45. The zero-order valence-electron chi connectivity index (χ0n) is 7.92. The molecule has 15 heavy (non-hydrogen) atoms. The molecule has 0 unspecified atom stereocenters. The van der Waals surface area contributed by atoms with Gasteiger partial charge in [-0.25, -0.2) is 0 Å². The third kappa shape index (κ3) is 2.13. The third-order valence-electron chi connectivity index (χ3n) is 2.24. The van der Waals surface area contributed by atoms with Gasteiger partial charge in [0.25, 0.3) is 0 Å². The number of halogens is 1. The Morgan fingerprint density at radius 2 is 2.40 bits per heavy atom. The van der Waals surface area contributed by atoms with E-state index in [1.165, 1.54) is 0 Å². The monoisotopic (exact) mass is 287 g/mol. The van der Waals surface area contributed by atoms with Gasteiger partial charge in [-0.05, 0) is 28.1 Å². The van der Waals surface area contributed by atoms with Crippen LogP contribution in [-0.4, -0.2) is 18.3 Å². The van der Waals surface area contributed by atoms with Crippen molar-refractivity contribution in [3.63, 3.8) is 0 Å². The Morgan fingerprint density at radius 3 is 3.13 bits per heavy atom. The molecule has 1 aliphatic heterocycles. The molecule has 80 valence electrons. The molecule has 1 N–H and O–H groups in total. The molecule has 0 saturated heterocycles. The number of carbonyl (C=O) groups excluding carboxylic acids is 1. The summed E-state index contributed by atoms with van der Waals surface area (Å²) in [6.07, 6.45) is 0.830. The molecule has 2 rings (SSSR count). The minimum absolute atomic E-state index is 0.112. The summed E-state index contributed by atoms with van der Waals surface area (Å²) >= 11 is 7.34. The molecule has 5 heteroatoms. The van der Waals surface area contributed by atoms with Crippen LogP contribution in [0.2, 0.25) is 0 Å². The highest BCUT2D eigenvalue weighted by Crippen LogP contribution is 2.37. The van der Waals surface area contributed by atoms with Crippen molar-refractivity contribution in [3.05, 3.63) is 22.2 Å². The van der Waals surface area contributed by atoms with E-state index in [1.807, 2.05) is 12.1 Å². The Balaban J connectivity index is 2.37. The maximum Gasteiger partial charge on any atom is 0.234 e. The summed E-state index contributed by atoms with van der Waals surface area (Å²) in [5, 5.41) is 2.82. The largest absolute Gasteiger partial charge is 0.493 e. The normalized spacial score (nSPS) is 13.2. The fourth-order valence-electron chi connectivity index (χ4n) is 1.56. The van der Waals surface area contributed by atoms with Crippen LogP contribution in [0.25, 0.3) is 0 Å². The predicted octanol–water partition coefficient (Wildman–Crippen LogP) is 2.25. The Kier molecular flexibility index (Phi) is 3.21. The van der Waals surface area contributed by atoms with E-state index in [1.54, 1.807) is 0 Å². The summed E-state index contributed by atoms with van der Waals surface area (Å²) in [7, 11) is 0. The van der Waals surface area contributed by atoms with Crippen molar-refractivity contribution in [2.24, 2.45) is 0 Å². The number of ether oxygens (including phenoxy) is 1. The van der Waals surface area contributed by atoms with Crippen molar-refractivity contribution >= 4 is 40.2 Å². The molecule has 1 aliphatic rings. The van der Waals surface area contributed by atoms with Crippen molar-refractivity contribution in [2.75, 3.05) is 17.7 Å². The summed E-state index contributed by atoms with van der Waals surface area (Å²) in [5.41, 5.74) is 1.86. The van der Waals surface area contributed by atoms with Crippen LogP contribution in [0.5, 0.6) is 5.75 Å². The van der Waals surface area contributed by atoms with Gasteiger partial charge in [0.2, 0.25) is 5.91 Å². The quantitative estimate of drug-likeness (QED) is 0.819. The second-order valence-corrected chi connectivity index (χ2v) is 4.37. The first-order valence-corrected chi connectivity index (χ1v) is 6.00. The molecule has 0 radical (unpaired) electrons. The fraction of sp³-hybridized carbons (Fsp3) is 0.300. The molecule has 1 aromatic rings. The number of anilines is 1. The van der Waals surface area contributed by atoms with Crippen molar-refractivity contribution in [3.8, 4) is 5.75 Å². The van der Waals surface area contributed by atoms with Gasteiger partial charge < -0.3 is 10.1 Å². The fourth-order valence-corrected chi connectivity index (χ4v) is 2.11. The maximum atomic E-state index is 11.3. The molecule has 0 saturated carbocycles. The molecule has 0 bridgehead atoms. The van der Waals surface area contributed by atoms with Crippen LogP contribution < -0.4 is 10.1 Å². The number of thiol groups is 1. The lowest BCUT2D eigenvalue weighted by atomic mass is 10.1. The lowest BCUT2D eigenvalue weighted by Gasteiger charge is -2.10. The minimum Gasteiger partial charge on any atom is -0.493 e. The van der Waals surface area contributed by atoms with Crippen LogP contribution >= 0.6 is 28.6 Å². The number of fused-ring (bicyclic) bond motifs is 1. The number of nitrogens with one attached hydrogen (secondary N) is 1. The highest BCUT2D eigenvalue weighted by Gasteiger charge is 2.19. The number of hydrogen-bond acceptors (Lipinski definition) is 3. The van der Waals surface area contributed by atoms with Gasteiger partial charge in [-0.3, -0.25) is 4.79 Å². The summed E-state index contributed by atoms with van der Waals surface area (Å²) in [6, 6.07) is 3.78. The van der Waals surface area contributed by atoms with Crippen molar-refractivity contribution in [2.45, 2.75) is 6.42 Å². The van der Waals surface area contributed by atoms with Crippen molar-refractivity contribution in [1.82, 2.24) is 0 Å². The molecule has 1 heterocycles. The van der Waals surface area contributed by atoms with E-state index in [2.05, 4.69) is 33.9 Å². The van der Waals surface area contributed by atoms with Gasteiger partial charge in [0.15, 0.2) is 0 Å². The van der Waals surface area contributed by atoms with Gasteiger partial charge in [0.1, 0.15) is 5.75 Å². The zero-order chi connectivity index (χ0) is 10.8. The average Bonchev–Trinajstić information content (AvgIpc) is 2.70. The van der Waals surface area contributed by atoms with E-state index in [0.717, 1.165) is 27.9 Å². The maximum absolute atomic E-state index is 11.3. The van der Waals surface area contributed by atoms with Gasteiger partial charge in [-0.15, -0.1) is 0 Å². The van der Waals surface area contributed by atoms with Crippen molar-refractivity contribution in [1.29, 1.82) is 0 Å². The Labute approximate surface area is 102 Å². The molecule has 1 amide bonds. The summed E-state index contributed by atoms with van der Waals surface area (Å²) in [6.45, 7) is 0.676. The van der Waals surface area contributed by atoms with Crippen LogP contribution in [-0.2, 0) is 11.2 Å². The first kappa shape index (κ1) is 10.8. The smallest absolute Gasteiger partial charge is 0.234 e. The number of carbonyl (C=O) groups is 1. The molecule has 0 atom stereocenters. The molecule has 0 aromatic heterocycles. The van der Waals surface area contributed by atoms with E-state index < -0.39 is 0 Å². The molecule has 3 nitrogen and oxygen atoms in total. The van der Waals surface area contributed by atoms with Gasteiger partial charge in [-0.1, -0.05) is 0 Å². The van der Waals surface area contributed by atoms with E-state index in [4.69, 9.17) is 4.74 Å². The van der Waals surface area contributed by atoms with Crippen LogP contribution in [0.3, 0.4) is 0 Å². The second-order valence-electron chi connectivity index (χ2n) is 3.20. The summed E-state index contributed by atoms with van der Waals surface area (Å²) < 4.78 is 6.29. The highest BCUT2D eigenvalue weighted by atomic mass is 79.9. The standard InChI is InChI=1S/C10H10BrNO2S/c11-7-1-2-8-6(3-4-14-8)10(7)12-9(13)5-15/h1-2,15H,3-5H2,(H,12,13). The van der Waals surface area contributed by atoms with Crippen LogP contribution in [0.4, 0.5) is 5.69 Å². The van der Waals surface area contributed by atoms with Crippen LogP contribution in [0.1, 0.15) is 5.56 Å². The zero-order valence-corrected chi connectivity index (χ0v) is 10.4. The third-order valence-corrected chi connectivity index (χ3v) is 3.18.